The first-order chi connectivity index (χ1) is 13.1. The molecule has 1 saturated heterocycles. The highest BCUT2D eigenvalue weighted by atomic mass is 35.5. The van der Waals surface area contributed by atoms with Crippen LogP contribution in [0.5, 0.6) is 5.75 Å². The van der Waals surface area contributed by atoms with Crippen molar-refractivity contribution in [1.29, 1.82) is 0 Å². The van der Waals surface area contributed by atoms with E-state index in [1.165, 1.54) is 0 Å². The van der Waals surface area contributed by atoms with Crippen molar-refractivity contribution in [2.75, 3.05) is 37.7 Å². The number of piperazine rings is 1. The standard InChI is InChI=1S/C19H19ClN4O2S/c1-13-10-14(2-3-16(13)20)26-11-17(25)23-5-7-24(8-6-23)18-15-4-9-27-19(15)22-12-21-18/h2-4,9-10,12H,5-8,11H2,1H3. The molecule has 27 heavy (non-hydrogen) atoms. The zero-order valence-corrected chi connectivity index (χ0v) is 16.5. The summed E-state index contributed by atoms with van der Waals surface area (Å²) >= 11 is 7.62. The average molecular weight is 403 g/mol. The zero-order valence-electron chi connectivity index (χ0n) is 14.9. The van der Waals surface area contributed by atoms with Crippen molar-refractivity contribution in [2.45, 2.75) is 6.92 Å². The van der Waals surface area contributed by atoms with E-state index in [-0.39, 0.29) is 12.5 Å². The van der Waals surface area contributed by atoms with Gasteiger partial charge >= 0.3 is 0 Å². The third kappa shape index (κ3) is 3.84. The molecule has 1 aromatic carbocycles. The van der Waals surface area contributed by atoms with Crippen molar-refractivity contribution in [3.8, 4) is 5.75 Å². The Balaban J connectivity index is 1.34. The van der Waals surface area contributed by atoms with Gasteiger partial charge in [-0.15, -0.1) is 11.3 Å². The molecule has 1 fully saturated rings. The first kappa shape index (κ1) is 18.0. The maximum Gasteiger partial charge on any atom is 0.260 e. The Hall–Kier alpha value is -2.38. The SMILES string of the molecule is Cc1cc(OCC(=O)N2CCN(c3ncnc4sccc34)CC2)ccc1Cl. The Morgan fingerprint density at radius 1 is 1.22 bits per heavy atom. The van der Waals surface area contributed by atoms with Crippen molar-refractivity contribution >= 4 is 44.9 Å². The van der Waals surface area contributed by atoms with Gasteiger partial charge in [0.2, 0.25) is 0 Å². The molecular formula is C19H19ClN4O2S. The molecular weight excluding hydrogens is 384 g/mol. The Bertz CT molecular complexity index is 969. The molecule has 0 saturated carbocycles. The summed E-state index contributed by atoms with van der Waals surface area (Å²) in [6, 6.07) is 7.45. The molecule has 0 bridgehead atoms. The van der Waals surface area contributed by atoms with Gasteiger partial charge in [0.1, 0.15) is 22.7 Å². The number of amides is 1. The summed E-state index contributed by atoms with van der Waals surface area (Å²) in [6.07, 6.45) is 1.60. The number of nitrogens with zero attached hydrogens (tertiary/aromatic N) is 4. The fraction of sp³-hybridized carbons (Fsp3) is 0.316. The van der Waals surface area contributed by atoms with E-state index >= 15 is 0 Å². The van der Waals surface area contributed by atoms with Crippen molar-refractivity contribution in [2.24, 2.45) is 0 Å². The molecule has 1 aliphatic rings. The van der Waals surface area contributed by atoms with E-state index in [9.17, 15) is 4.79 Å². The van der Waals surface area contributed by atoms with Crippen LogP contribution in [0.3, 0.4) is 0 Å². The number of hydrogen-bond donors (Lipinski definition) is 0. The summed E-state index contributed by atoms with van der Waals surface area (Å²) in [5.74, 6) is 1.59. The monoisotopic (exact) mass is 402 g/mol. The van der Waals surface area contributed by atoms with Gasteiger partial charge in [-0.25, -0.2) is 9.97 Å². The summed E-state index contributed by atoms with van der Waals surface area (Å²) in [5.41, 5.74) is 0.930. The highest BCUT2D eigenvalue weighted by molar-refractivity contribution is 7.16. The number of rotatable bonds is 4. The normalized spacial score (nSPS) is 14.6. The van der Waals surface area contributed by atoms with Crippen molar-refractivity contribution in [1.82, 2.24) is 14.9 Å². The van der Waals surface area contributed by atoms with Gasteiger partial charge in [0.25, 0.3) is 5.91 Å². The van der Waals surface area contributed by atoms with Crippen LogP contribution in [0.25, 0.3) is 10.2 Å². The van der Waals surface area contributed by atoms with Crippen LogP contribution >= 0.6 is 22.9 Å². The molecule has 0 spiro atoms. The molecule has 8 heteroatoms. The minimum absolute atomic E-state index is 0.00868. The number of thiophene rings is 1. The summed E-state index contributed by atoms with van der Waals surface area (Å²) < 4.78 is 5.63. The van der Waals surface area contributed by atoms with Crippen LogP contribution < -0.4 is 9.64 Å². The van der Waals surface area contributed by atoms with Crippen LogP contribution in [0.2, 0.25) is 5.02 Å². The number of aryl methyl sites for hydroxylation is 1. The minimum atomic E-state index is -0.00868. The van der Waals surface area contributed by atoms with Crippen LogP contribution in [0.15, 0.2) is 36.0 Å². The van der Waals surface area contributed by atoms with Crippen LogP contribution in [-0.2, 0) is 4.79 Å². The fourth-order valence-corrected chi connectivity index (χ4v) is 3.98. The maximum absolute atomic E-state index is 12.5. The molecule has 1 amide bonds. The van der Waals surface area contributed by atoms with Gasteiger partial charge in [-0.3, -0.25) is 4.79 Å². The first-order valence-electron chi connectivity index (χ1n) is 8.72. The van der Waals surface area contributed by atoms with E-state index in [2.05, 4.69) is 20.9 Å². The number of fused-ring (bicyclic) bond motifs is 1. The molecule has 0 radical (unpaired) electrons. The van der Waals surface area contributed by atoms with Gasteiger partial charge in [-0.2, -0.15) is 0 Å². The lowest BCUT2D eigenvalue weighted by Gasteiger charge is -2.35. The molecule has 0 N–H and O–H groups in total. The summed E-state index contributed by atoms with van der Waals surface area (Å²) in [6.45, 7) is 4.73. The number of benzene rings is 1. The van der Waals surface area contributed by atoms with Crippen molar-refractivity contribution in [3.63, 3.8) is 0 Å². The van der Waals surface area contributed by atoms with Crippen molar-refractivity contribution < 1.29 is 9.53 Å². The molecule has 3 aromatic rings. The van der Waals surface area contributed by atoms with Gasteiger partial charge in [0.05, 0.1) is 5.39 Å². The Morgan fingerprint density at radius 2 is 2.04 bits per heavy atom. The smallest absolute Gasteiger partial charge is 0.260 e. The molecule has 1 aliphatic heterocycles. The predicted octanol–water partition coefficient (Wildman–Crippen LogP) is 3.38. The third-order valence-electron chi connectivity index (χ3n) is 4.66. The maximum atomic E-state index is 12.5. The zero-order chi connectivity index (χ0) is 18.8. The topological polar surface area (TPSA) is 58.6 Å². The van der Waals surface area contributed by atoms with Crippen LogP contribution in [-0.4, -0.2) is 53.6 Å². The number of aromatic nitrogens is 2. The van der Waals surface area contributed by atoms with Gasteiger partial charge in [0, 0.05) is 31.2 Å². The van der Waals surface area contributed by atoms with E-state index in [1.807, 2.05) is 23.3 Å². The van der Waals surface area contributed by atoms with Crippen LogP contribution in [0, 0.1) is 6.92 Å². The lowest BCUT2D eigenvalue weighted by Crippen LogP contribution is -2.50. The number of anilines is 1. The third-order valence-corrected chi connectivity index (χ3v) is 5.91. The second-order valence-electron chi connectivity index (χ2n) is 6.40. The van der Waals surface area contributed by atoms with Gasteiger partial charge < -0.3 is 14.5 Å². The number of hydrogen-bond acceptors (Lipinski definition) is 6. The first-order valence-corrected chi connectivity index (χ1v) is 9.97. The number of carbonyl (C=O) groups is 1. The van der Waals surface area contributed by atoms with E-state index in [0.717, 1.165) is 34.7 Å². The van der Waals surface area contributed by atoms with E-state index in [1.54, 1.807) is 29.8 Å². The summed E-state index contributed by atoms with van der Waals surface area (Å²) in [5, 5.41) is 3.79. The molecule has 0 unspecified atom stereocenters. The Labute approximate surface area is 166 Å². The molecule has 6 nitrogen and oxygen atoms in total. The summed E-state index contributed by atoms with van der Waals surface area (Å²) in [7, 11) is 0. The molecule has 0 atom stereocenters. The predicted molar refractivity (Wildman–Crippen MR) is 108 cm³/mol. The Kier molecular flexibility index (Phi) is 5.13. The molecule has 0 aliphatic carbocycles. The van der Waals surface area contributed by atoms with Crippen LogP contribution in [0.1, 0.15) is 5.56 Å². The minimum Gasteiger partial charge on any atom is -0.484 e. The lowest BCUT2D eigenvalue weighted by atomic mass is 10.2. The fourth-order valence-electron chi connectivity index (χ4n) is 3.14. The van der Waals surface area contributed by atoms with Gasteiger partial charge in [-0.1, -0.05) is 11.6 Å². The number of ether oxygens (including phenoxy) is 1. The lowest BCUT2D eigenvalue weighted by molar-refractivity contribution is -0.133. The van der Waals surface area contributed by atoms with Crippen molar-refractivity contribution in [3.05, 3.63) is 46.6 Å². The molecule has 140 valence electrons. The highest BCUT2D eigenvalue weighted by Gasteiger charge is 2.23. The quantitative estimate of drug-likeness (QED) is 0.669. The number of carbonyl (C=O) groups excluding carboxylic acids is 1. The second kappa shape index (κ2) is 7.70. The molecule has 2 aromatic heterocycles. The largest absolute Gasteiger partial charge is 0.484 e. The van der Waals surface area contributed by atoms with E-state index < -0.39 is 0 Å². The van der Waals surface area contributed by atoms with Gasteiger partial charge in [0.15, 0.2) is 6.61 Å². The molecule has 4 rings (SSSR count). The Morgan fingerprint density at radius 3 is 2.81 bits per heavy atom. The van der Waals surface area contributed by atoms with Gasteiger partial charge in [-0.05, 0) is 42.1 Å². The summed E-state index contributed by atoms with van der Waals surface area (Å²) in [4.78, 5) is 26.3. The second-order valence-corrected chi connectivity index (χ2v) is 7.71. The number of halogens is 1. The molecule has 3 heterocycles. The highest BCUT2D eigenvalue weighted by Crippen LogP contribution is 2.27. The average Bonchev–Trinajstić information content (AvgIpc) is 3.18. The van der Waals surface area contributed by atoms with Crippen LogP contribution in [0.4, 0.5) is 5.82 Å². The van der Waals surface area contributed by atoms with E-state index in [0.29, 0.717) is 23.9 Å². The van der Waals surface area contributed by atoms with E-state index in [4.69, 9.17) is 16.3 Å².